The molecule has 5 heteroatoms. The normalized spacial score (nSPS) is 14.0. The van der Waals surface area contributed by atoms with Gasteiger partial charge in [0.05, 0.1) is 13.2 Å². The van der Waals surface area contributed by atoms with Gasteiger partial charge in [0.2, 0.25) is 0 Å². The second-order valence-corrected chi connectivity index (χ2v) is 20.9. The summed E-state index contributed by atoms with van der Waals surface area (Å²) in [5.41, 5.74) is 2.51. The predicted octanol–water partition coefficient (Wildman–Crippen LogP) is 7.33. The molecule has 25 heavy (non-hydrogen) atoms. The number of halogens is 1. The molecule has 0 spiro atoms. The third kappa shape index (κ3) is 6.76. The summed E-state index contributed by atoms with van der Waals surface area (Å²) in [6.45, 7) is 24.3. The Bertz CT molecular complexity index is 536. The van der Waals surface area contributed by atoms with E-state index in [-0.39, 0.29) is 10.1 Å². The lowest BCUT2D eigenvalue weighted by atomic mass is 10.1. The highest BCUT2D eigenvalue weighted by atomic mass is 127. The van der Waals surface area contributed by atoms with Crippen molar-refractivity contribution >= 4 is 39.2 Å². The van der Waals surface area contributed by atoms with Crippen molar-refractivity contribution in [2.24, 2.45) is 0 Å². The van der Waals surface area contributed by atoms with Crippen molar-refractivity contribution in [2.75, 3.05) is 0 Å². The summed E-state index contributed by atoms with van der Waals surface area (Å²) < 4.78 is 14.0. The van der Waals surface area contributed by atoms with Crippen molar-refractivity contribution in [3.63, 3.8) is 0 Å². The fourth-order valence-corrected chi connectivity index (χ4v) is 4.57. The molecule has 0 aliphatic rings. The lowest BCUT2D eigenvalue weighted by molar-refractivity contribution is 0.270. The van der Waals surface area contributed by atoms with Crippen LogP contribution in [0.5, 0.6) is 0 Å². The van der Waals surface area contributed by atoms with Crippen LogP contribution in [0.2, 0.25) is 36.3 Å². The Labute approximate surface area is 171 Å². The molecule has 0 N–H and O–H groups in total. The smallest absolute Gasteiger partial charge is 0.192 e. The molecule has 2 nitrogen and oxygen atoms in total. The molecule has 0 unspecified atom stereocenters. The standard InChI is InChI=1S/C20H37IO2Si2/c1-19(2,3)24(7,8)22-14-16-11-17(13-18(21)12-16)15-23-25(9,10)20(4,5)6/h11-13H,14-15H2,1-10H3. The van der Waals surface area contributed by atoms with Crippen LogP contribution >= 0.6 is 22.6 Å². The highest BCUT2D eigenvalue weighted by Gasteiger charge is 2.38. The highest BCUT2D eigenvalue weighted by Crippen LogP contribution is 2.38. The SMILES string of the molecule is CC(C)(C)[Si](C)(C)OCc1cc(I)cc(CO[Si](C)(C)C(C)(C)C)c1. The average molecular weight is 493 g/mol. The first-order chi connectivity index (χ1) is 11.1. The third-order valence-corrected chi connectivity index (χ3v) is 15.4. The Morgan fingerprint density at radius 1 is 0.720 bits per heavy atom. The van der Waals surface area contributed by atoms with E-state index in [1.165, 1.54) is 14.7 Å². The molecule has 0 aliphatic heterocycles. The van der Waals surface area contributed by atoms with Crippen LogP contribution in [0.1, 0.15) is 52.7 Å². The molecule has 0 aromatic heterocycles. The Kier molecular flexibility index (Phi) is 7.59. The van der Waals surface area contributed by atoms with E-state index < -0.39 is 16.6 Å². The van der Waals surface area contributed by atoms with E-state index >= 15 is 0 Å². The maximum Gasteiger partial charge on any atom is 0.192 e. The summed E-state index contributed by atoms with van der Waals surface area (Å²) in [5.74, 6) is 0. The third-order valence-electron chi connectivity index (χ3n) is 5.83. The second kappa shape index (κ2) is 8.13. The molecule has 1 aromatic rings. The van der Waals surface area contributed by atoms with Crippen molar-refractivity contribution in [3.8, 4) is 0 Å². The van der Waals surface area contributed by atoms with E-state index in [4.69, 9.17) is 8.85 Å². The highest BCUT2D eigenvalue weighted by molar-refractivity contribution is 14.1. The second-order valence-electron chi connectivity index (χ2n) is 10.1. The molecule has 0 amide bonds. The van der Waals surface area contributed by atoms with Gasteiger partial charge in [0, 0.05) is 3.57 Å². The van der Waals surface area contributed by atoms with Gasteiger partial charge in [-0.05, 0) is 82.1 Å². The van der Waals surface area contributed by atoms with Crippen molar-refractivity contribution in [2.45, 2.75) is 91.0 Å². The Morgan fingerprint density at radius 3 is 1.32 bits per heavy atom. The number of hydrogen-bond acceptors (Lipinski definition) is 2. The fraction of sp³-hybridized carbons (Fsp3) is 0.700. The molecule has 0 saturated heterocycles. The van der Waals surface area contributed by atoms with Gasteiger partial charge in [-0.25, -0.2) is 0 Å². The fourth-order valence-electron chi connectivity index (χ4n) is 1.84. The Morgan fingerprint density at radius 2 is 1.04 bits per heavy atom. The van der Waals surface area contributed by atoms with E-state index in [9.17, 15) is 0 Å². The maximum absolute atomic E-state index is 6.39. The first-order valence-corrected chi connectivity index (χ1v) is 16.0. The van der Waals surface area contributed by atoms with Gasteiger partial charge in [0.15, 0.2) is 16.6 Å². The molecule has 1 aromatic carbocycles. The zero-order valence-electron chi connectivity index (χ0n) is 17.8. The van der Waals surface area contributed by atoms with Crippen LogP contribution in [-0.4, -0.2) is 16.6 Å². The van der Waals surface area contributed by atoms with Gasteiger partial charge in [-0.2, -0.15) is 0 Å². The van der Waals surface area contributed by atoms with Crippen molar-refractivity contribution < 1.29 is 8.85 Å². The minimum atomic E-state index is -1.72. The van der Waals surface area contributed by atoms with Gasteiger partial charge in [0.25, 0.3) is 0 Å². The van der Waals surface area contributed by atoms with Gasteiger partial charge >= 0.3 is 0 Å². The summed E-state index contributed by atoms with van der Waals surface area (Å²) in [4.78, 5) is 0. The Balaban J connectivity index is 2.84. The monoisotopic (exact) mass is 492 g/mol. The molecule has 0 fully saturated rings. The van der Waals surface area contributed by atoms with E-state index in [0.29, 0.717) is 13.2 Å². The zero-order chi connectivity index (χ0) is 19.7. The van der Waals surface area contributed by atoms with E-state index in [1.807, 2.05) is 0 Å². The Hall–Kier alpha value is 0.304. The summed E-state index contributed by atoms with van der Waals surface area (Å²) in [6.07, 6.45) is 0. The zero-order valence-corrected chi connectivity index (χ0v) is 22.0. The lowest BCUT2D eigenvalue weighted by Crippen LogP contribution is -2.40. The topological polar surface area (TPSA) is 18.5 Å². The van der Waals surface area contributed by atoms with Gasteiger partial charge in [0.1, 0.15) is 0 Å². The predicted molar refractivity (Wildman–Crippen MR) is 123 cm³/mol. The molecule has 0 heterocycles. The van der Waals surface area contributed by atoms with Gasteiger partial charge in [-0.3, -0.25) is 0 Å². The summed E-state index contributed by atoms with van der Waals surface area (Å²) >= 11 is 2.40. The van der Waals surface area contributed by atoms with Gasteiger partial charge in [-0.1, -0.05) is 47.6 Å². The number of rotatable bonds is 6. The lowest BCUT2D eigenvalue weighted by Gasteiger charge is -2.36. The van der Waals surface area contributed by atoms with Crippen molar-refractivity contribution in [1.29, 1.82) is 0 Å². The molecule has 0 saturated carbocycles. The first kappa shape index (κ1) is 23.3. The molecule has 0 atom stereocenters. The van der Waals surface area contributed by atoms with Crippen LogP contribution in [0.3, 0.4) is 0 Å². The van der Waals surface area contributed by atoms with Crippen LogP contribution in [-0.2, 0) is 22.1 Å². The van der Waals surface area contributed by atoms with E-state index in [2.05, 4.69) is 109 Å². The van der Waals surface area contributed by atoms with Gasteiger partial charge < -0.3 is 8.85 Å². The van der Waals surface area contributed by atoms with Crippen LogP contribution in [0, 0.1) is 3.57 Å². The minimum absolute atomic E-state index is 0.239. The van der Waals surface area contributed by atoms with Crippen LogP contribution in [0.4, 0.5) is 0 Å². The van der Waals surface area contributed by atoms with Crippen LogP contribution in [0.25, 0.3) is 0 Å². The molecule has 0 aliphatic carbocycles. The maximum atomic E-state index is 6.39. The molecule has 144 valence electrons. The summed E-state index contributed by atoms with van der Waals surface area (Å²) in [5, 5.41) is 0.479. The largest absolute Gasteiger partial charge is 0.413 e. The molecule has 1 rings (SSSR count). The minimum Gasteiger partial charge on any atom is -0.413 e. The molecular weight excluding hydrogens is 455 g/mol. The quantitative estimate of drug-likeness (QED) is 0.306. The first-order valence-electron chi connectivity index (χ1n) is 9.11. The number of benzene rings is 1. The summed E-state index contributed by atoms with van der Waals surface area (Å²) in [6, 6.07) is 6.70. The average Bonchev–Trinajstić information content (AvgIpc) is 2.40. The van der Waals surface area contributed by atoms with Crippen LogP contribution < -0.4 is 0 Å². The molecule has 0 radical (unpaired) electrons. The van der Waals surface area contributed by atoms with Gasteiger partial charge in [-0.15, -0.1) is 0 Å². The van der Waals surface area contributed by atoms with Crippen LogP contribution in [0.15, 0.2) is 18.2 Å². The van der Waals surface area contributed by atoms with Crippen molar-refractivity contribution in [1.82, 2.24) is 0 Å². The summed E-state index contributed by atoms with van der Waals surface area (Å²) in [7, 11) is -3.45. The van der Waals surface area contributed by atoms with E-state index in [0.717, 1.165) is 0 Å². The van der Waals surface area contributed by atoms with Crippen molar-refractivity contribution in [3.05, 3.63) is 32.9 Å². The molecule has 0 bridgehead atoms. The number of hydrogen-bond donors (Lipinski definition) is 0. The van der Waals surface area contributed by atoms with E-state index in [1.54, 1.807) is 0 Å². The molecular formula is C20H37IO2Si2.